The van der Waals surface area contributed by atoms with Crippen LogP contribution in [0.3, 0.4) is 0 Å². The van der Waals surface area contributed by atoms with Gasteiger partial charge in [0.2, 0.25) is 0 Å². The van der Waals surface area contributed by atoms with Gasteiger partial charge in [-0.3, -0.25) is 4.79 Å². The fraction of sp³-hybridized carbons (Fsp3) is 0.333. The third-order valence-corrected chi connectivity index (χ3v) is 2.32. The first-order valence-corrected chi connectivity index (χ1v) is 4.47. The van der Waals surface area contributed by atoms with E-state index >= 15 is 0 Å². The van der Waals surface area contributed by atoms with Crippen molar-refractivity contribution in [2.24, 2.45) is 0 Å². The van der Waals surface area contributed by atoms with Crippen molar-refractivity contribution < 1.29 is 9.90 Å². The van der Waals surface area contributed by atoms with E-state index in [0.29, 0.717) is 17.0 Å². The second-order valence-electron chi connectivity index (χ2n) is 3.30. The smallest absolute Gasteiger partial charge is 0.307 e. The van der Waals surface area contributed by atoms with Gasteiger partial charge in [0, 0.05) is 17.0 Å². The van der Waals surface area contributed by atoms with Crippen molar-refractivity contribution in [3.05, 3.63) is 23.3 Å². The molecule has 15 heavy (non-hydrogen) atoms. The molecule has 0 saturated carbocycles. The first kappa shape index (κ1) is 9.57. The van der Waals surface area contributed by atoms with E-state index in [9.17, 15) is 4.79 Å². The highest BCUT2D eigenvalue weighted by Gasteiger charge is 2.13. The van der Waals surface area contributed by atoms with Crippen LogP contribution in [0.25, 0.3) is 5.78 Å². The molecule has 0 aliphatic rings. The molecule has 0 aliphatic heterocycles. The van der Waals surface area contributed by atoms with E-state index < -0.39 is 5.97 Å². The molecule has 2 aromatic heterocycles. The zero-order chi connectivity index (χ0) is 11.0. The maximum Gasteiger partial charge on any atom is 0.307 e. The van der Waals surface area contributed by atoms with E-state index in [1.54, 1.807) is 11.4 Å². The summed E-state index contributed by atoms with van der Waals surface area (Å²) in [5.41, 5.74) is 2.16. The van der Waals surface area contributed by atoms with Gasteiger partial charge in [-0.2, -0.15) is 10.1 Å². The van der Waals surface area contributed by atoms with E-state index in [1.165, 1.54) is 6.33 Å². The van der Waals surface area contributed by atoms with Gasteiger partial charge in [-0.1, -0.05) is 0 Å². The van der Waals surface area contributed by atoms with Crippen molar-refractivity contribution in [2.45, 2.75) is 20.3 Å². The molecule has 0 bridgehead atoms. The topological polar surface area (TPSA) is 80.4 Å². The lowest BCUT2D eigenvalue weighted by atomic mass is 10.1. The number of rotatable bonds is 2. The minimum atomic E-state index is -0.873. The Morgan fingerprint density at radius 2 is 2.27 bits per heavy atom. The molecule has 2 rings (SSSR count). The lowest BCUT2D eigenvalue weighted by Crippen LogP contribution is -2.10. The van der Waals surface area contributed by atoms with Crippen LogP contribution in [0.1, 0.15) is 17.0 Å². The summed E-state index contributed by atoms with van der Waals surface area (Å²) in [5.74, 6) is -0.374. The van der Waals surface area contributed by atoms with E-state index in [4.69, 9.17) is 5.11 Å². The zero-order valence-corrected chi connectivity index (χ0v) is 8.43. The van der Waals surface area contributed by atoms with Gasteiger partial charge in [-0.25, -0.2) is 9.50 Å². The summed E-state index contributed by atoms with van der Waals surface area (Å²) in [6, 6.07) is 0. The Bertz CT molecular complexity index is 532. The van der Waals surface area contributed by atoms with Crippen LogP contribution in [0.2, 0.25) is 0 Å². The largest absolute Gasteiger partial charge is 0.481 e. The molecule has 0 spiro atoms. The van der Waals surface area contributed by atoms with Crippen LogP contribution in [0.15, 0.2) is 6.33 Å². The Balaban J connectivity index is 2.66. The molecule has 0 radical (unpaired) electrons. The molecule has 0 saturated heterocycles. The van der Waals surface area contributed by atoms with E-state index in [0.717, 1.165) is 5.69 Å². The molecule has 0 fully saturated rings. The van der Waals surface area contributed by atoms with E-state index in [1.807, 2.05) is 6.92 Å². The highest BCUT2D eigenvalue weighted by atomic mass is 16.4. The maximum atomic E-state index is 10.7. The molecule has 2 aromatic rings. The summed E-state index contributed by atoms with van der Waals surface area (Å²) in [5, 5.41) is 12.7. The number of hydrogen-bond acceptors (Lipinski definition) is 4. The minimum Gasteiger partial charge on any atom is -0.481 e. The number of carboxylic acids is 1. The highest BCUT2D eigenvalue weighted by molar-refractivity contribution is 5.71. The number of aryl methyl sites for hydroxylation is 2. The minimum absolute atomic E-state index is 0.0412. The van der Waals surface area contributed by atoms with Gasteiger partial charge >= 0.3 is 5.97 Å². The molecular weight excluding hydrogens is 196 g/mol. The average Bonchev–Trinajstić information content (AvgIpc) is 2.59. The van der Waals surface area contributed by atoms with Crippen LogP contribution >= 0.6 is 0 Å². The fourth-order valence-corrected chi connectivity index (χ4v) is 1.56. The zero-order valence-electron chi connectivity index (χ0n) is 8.43. The Labute approximate surface area is 85.6 Å². The maximum absolute atomic E-state index is 10.7. The van der Waals surface area contributed by atoms with Crippen LogP contribution in [-0.2, 0) is 11.2 Å². The molecule has 0 amide bonds. The number of nitrogens with zero attached hydrogens (tertiary/aromatic N) is 4. The molecule has 0 atom stereocenters. The van der Waals surface area contributed by atoms with Crippen molar-refractivity contribution in [1.82, 2.24) is 19.6 Å². The monoisotopic (exact) mass is 206 g/mol. The first-order valence-electron chi connectivity index (χ1n) is 4.47. The number of carboxylic acid groups (broad SMARTS) is 1. The van der Waals surface area contributed by atoms with Crippen molar-refractivity contribution in [3.63, 3.8) is 0 Å². The SMILES string of the molecule is Cc1nc2ncnn2c(C)c1CC(=O)O. The summed E-state index contributed by atoms with van der Waals surface area (Å²) in [6.07, 6.45) is 1.36. The Hall–Kier alpha value is -1.98. The van der Waals surface area contributed by atoms with Gasteiger partial charge in [-0.05, 0) is 13.8 Å². The van der Waals surface area contributed by atoms with Gasteiger partial charge < -0.3 is 5.11 Å². The Kier molecular flexibility index (Phi) is 2.11. The first-order chi connectivity index (χ1) is 7.09. The molecular formula is C9H10N4O2. The van der Waals surface area contributed by atoms with Crippen molar-refractivity contribution >= 4 is 11.7 Å². The molecule has 1 N–H and O–H groups in total. The van der Waals surface area contributed by atoms with E-state index in [2.05, 4.69) is 15.1 Å². The normalized spacial score (nSPS) is 10.8. The second-order valence-corrected chi connectivity index (χ2v) is 3.30. The molecule has 0 unspecified atom stereocenters. The van der Waals surface area contributed by atoms with Gasteiger partial charge in [0.15, 0.2) is 0 Å². The molecule has 6 heteroatoms. The second kappa shape index (κ2) is 3.30. The Morgan fingerprint density at radius 3 is 2.93 bits per heavy atom. The van der Waals surface area contributed by atoms with Crippen molar-refractivity contribution in [2.75, 3.05) is 0 Å². The lowest BCUT2D eigenvalue weighted by molar-refractivity contribution is -0.136. The van der Waals surface area contributed by atoms with Crippen LogP contribution in [0.5, 0.6) is 0 Å². The summed E-state index contributed by atoms with van der Waals surface area (Å²) in [6.45, 7) is 3.59. The average molecular weight is 206 g/mol. The molecule has 2 heterocycles. The predicted octanol–water partition coefficient (Wildman–Crippen LogP) is 0.368. The van der Waals surface area contributed by atoms with E-state index in [-0.39, 0.29) is 6.42 Å². The Morgan fingerprint density at radius 1 is 1.53 bits per heavy atom. The van der Waals surface area contributed by atoms with Crippen LogP contribution < -0.4 is 0 Å². The predicted molar refractivity (Wildman–Crippen MR) is 51.6 cm³/mol. The van der Waals surface area contributed by atoms with Gasteiger partial charge in [0.25, 0.3) is 5.78 Å². The van der Waals surface area contributed by atoms with Crippen molar-refractivity contribution in [3.8, 4) is 0 Å². The summed E-state index contributed by atoms with van der Waals surface area (Å²) in [4.78, 5) is 18.8. The highest BCUT2D eigenvalue weighted by Crippen LogP contribution is 2.13. The fourth-order valence-electron chi connectivity index (χ4n) is 1.56. The summed E-state index contributed by atoms with van der Waals surface area (Å²) in [7, 11) is 0. The number of aromatic nitrogens is 4. The summed E-state index contributed by atoms with van der Waals surface area (Å²) >= 11 is 0. The van der Waals surface area contributed by atoms with Gasteiger partial charge in [0.1, 0.15) is 6.33 Å². The van der Waals surface area contributed by atoms with Crippen molar-refractivity contribution in [1.29, 1.82) is 0 Å². The molecule has 78 valence electrons. The van der Waals surface area contributed by atoms with Crippen LogP contribution in [-0.4, -0.2) is 30.7 Å². The third kappa shape index (κ3) is 1.54. The van der Waals surface area contributed by atoms with Gasteiger partial charge in [0.05, 0.1) is 6.42 Å². The van der Waals surface area contributed by atoms with Crippen LogP contribution in [0, 0.1) is 13.8 Å². The number of fused-ring (bicyclic) bond motifs is 1. The van der Waals surface area contributed by atoms with Crippen LogP contribution in [0.4, 0.5) is 0 Å². The molecule has 0 aliphatic carbocycles. The standard InChI is InChI=1S/C9H10N4O2/c1-5-7(3-8(14)15)6(2)13-9(12-5)10-4-11-13/h4H,3H2,1-2H3,(H,14,15). The third-order valence-electron chi connectivity index (χ3n) is 2.32. The summed E-state index contributed by atoms with van der Waals surface area (Å²) < 4.78 is 1.55. The van der Waals surface area contributed by atoms with Gasteiger partial charge in [-0.15, -0.1) is 0 Å². The molecule has 6 nitrogen and oxygen atoms in total. The number of hydrogen-bond donors (Lipinski definition) is 1. The molecule has 0 aromatic carbocycles. The number of aliphatic carboxylic acids is 1. The number of carbonyl (C=O) groups is 1. The lowest BCUT2D eigenvalue weighted by Gasteiger charge is -2.07. The quantitative estimate of drug-likeness (QED) is 0.767.